The van der Waals surface area contributed by atoms with Crippen LogP contribution in [0.25, 0.3) is 0 Å². The van der Waals surface area contributed by atoms with Gasteiger partial charge in [-0.25, -0.2) is 9.97 Å². The number of anilines is 2. The number of hydrogen-bond donors (Lipinski definition) is 1. The Hall–Kier alpha value is -2.47. The summed E-state index contributed by atoms with van der Waals surface area (Å²) < 4.78 is 0. The third kappa shape index (κ3) is 4.54. The summed E-state index contributed by atoms with van der Waals surface area (Å²) in [6.45, 7) is 6.49. The minimum atomic E-state index is -0.0449. The second kappa shape index (κ2) is 7.61. The van der Waals surface area contributed by atoms with E-state index in [2.05, 4.69) is 44.3 Å². The first kappa shape index (κ1) is 17.4. The summed E-state index contributed by atoms with van der Waals surface area (Å²) in [6.07, 6.45) is 2.93. The predicted octanol–water partition coefficient (Wildman–Crippen LogP) is 2.45. The maximum absolute atomic E-state index is 11.1. The van der Waals surface area contributed by atoms with Crippen LogP contribution in [0.3, 0.4) is 0 Å². The predicted molar refractivity (Wildman–Crippen MR) is 99.6 cm³/mol. The van der Waals surface area contributed by atoms with Crippen molar-refractivity contribution >= 4 is 17.5 Å². The fraction of sp³-hybridized carbons (Fsp3) is 0.421. The lowest BCUT2D eigenvalue weighted by atomic mass is 10.2. The van der Waals surface area contributed by atoms with Crippen molar-refractivity contribution < 1.29 is 4.79 Å². The van der Waals surface area contributed by atoms with E-state index in [4.69, 9.17) is 0 Å². The molecule has 1 aliphatic rings. The van der Waals surface area contributed by atoms with Crippen LogP contribution in [0.15, 0.2) is 36.5 Å². The molecule has 1 saturated heterocycles. The number of likely N-dealkylation sites (N-methyl/N-ethyl adjacent to an activating group) is 1. The van der Waals surface area contributed by atoms with Gasteiger partial charge < -0.3 is 10.2 Å². The van der Waals surface area contributed by atoms with E-state index < -0.39 is 0 Å². The van der Waals surface area contributed by atoms with Crippen LogP contribution in [-0.2, 0) is 11.3 Å². The number of likely N-dealkylation sites (tertiary alicyclic amines) is 1. The number of nitrogens with zero attached hydrogens (tertiary/aromatic N) is 4. The van der Waals surface area contributed by atoms with Crippen LogP contribution in [0.2, 0.25) is 0 Å². The quantitative estimate of drug-likeness (QED) is 0.907. The Bertz CT molecular complexity index is 731. The van der Waals surface area contributed by atoms with Crippen LogP contribution in [0, 0.1) is 6.92 Å². The number of nitrogens with one attached hydrogen (secondary N) is 1. The normalized spacial score (nSPS) is 17.5. The third-order valence-corrected chi connectivity index (χ3v) is 4.57. The zero-order valence-electron chi connectivity index (χ0n) is 15.1. The molecule has 1 aromatic heterocycles. The number of carbonyl (C=O) groups excluding carboxylic acids is 1. The van der Waals surface area contributed by atoms with Gasteiger partial charge in [0.1, 0.15) is 0 Å². The molecule has 1 N–H and O–H groups in total. The minimum Gasteiger partial charge on any atom is -0.340 e. The van der Waals surface area contributed by atoms with Crippen LogP contribution in [0.5, 0.6) is 0 Å². The highest BCUT2D eigenvalue weighted by Crippen LogP contribution is 2.21. The SMILES string of the molecule is CC(=O)Nc1ccc(CN2CCC(N(C)c3nccc(C)n3)C2)cc1. The summed E-state index contributed by atoms with van der Waals surface area (Å²) >= 11 is 0. The van der Waals surface area contributed by atoms with Gasteiger partial charge in [0.25, 0.3) is 0 Å². The van der Waals surface area contributed by atoms with E-state index in [1.54, 1.807) is 0 Å². The molecule has 2 aromatic rings. The van der Waals surface area contributed by atoms with Crippen molar-refractivity contribution in [2.75, 3.05) is 30.4 Å². The number of carbonyl (C=O) groups is 1. The molecule has 132 valence electrons. The minimum absolute atomic E-state index is 0.0449. The van der Waals surface area contributed by atoms with Crippen LogP contribution in [-0.4, -0.2) is 47.0 Å². The summed E-state index contributed by atoms with van der Waals surface area (Å²) in [7, 11) is 2.07. The van der Waals surface area contributed by atoms with Gasteiger partial charge in [0.05, 0.1) is 0 Å². The highest BCUT2D eigenvalue weighted by Gasteiger charge is 2.27. The molecule has 1 unspecified atom stereocenters. The number of hydrogen-bond acceptors (Lipinski definition) is 5. The van der Waals surface area contributed by atoms with Gasteiger partial charge in [-0.3, -0.25) is 9.69 Å². The highest BCUT2D eigenvalue weighted by molar-refractivity contribution is 5.88. The summed E-state index contributed by atoms with van der Waals surface area (Å²) in [5.74, 6) is 0.753. The number of aryl methyl sites for hydroxylation is 1. The molecule has 6 heteroatoms. The molecule has 3 rings (SSSR count). The Morgan fingerprint density at radius 1 is 1.32 bits per heavy atom. The standard InChI is InChI=1S/C19H25N5O/c1-14-8-10-20-19(21-14)23(3)18-9-11-24(13-18)12-16-4-6-17(7-5-16)22-15(2)25/h4-8,10,18H,9,11-13H2,1-3H3,(H,22,25). The first-order valence-electron chi connectivity index (χ1n) is 8.62. The molecular formula is C19H25N5O. The van der Waals surface area contributed by atoms with Gasteiger partial charge in [-0.2, -0.15) is 0 Å². The van der Waals surface area contributed by atoms with Crippen molar-refractivity contribution in [2.45, 2.75) is 32.9 Å². The van der Waals surface area contributed by atoms with Crippen molar-refractivity contribution in [3.05, 3.63) is 47.8 Å². The summed E-state index contributed by atoms with van der Waals surface area (Å²) in [5.41, 5.74) is 3.09. The fourth-order valence-electron chi connectivity index (χ4n) is 3.20. The molecule has 0 bridgehead atoms. The zero-order chi connectivity index (χ0) is 17.8. The largest absolute Gasteiger partial charge is 0.340 e. The van der Waals surface area contributed by atoms with Crippen LogP contribution in [0.1, 0.15) is 24.6 Å². The van der Waals surface area contributed by atoms with Gasteiger partial charge in [0.15, 0.2) is 0 Å². The Kier molecular flexibility index (Phi) is 5.28. The molecule has 2 heterocycles. The molecule has 1 aromatic carbocycles. The summed E-state index contributed by atoms with van der Waals surface area (Å²) in [4.78, 5) is 24.6. The van der Waals surface area contributed by atoms with Crippen molar-refractivity contribution in [1.29, 1.82) is 0 Å². The van der Waals surface area contributed by atoms with Crippen molar-refractivity contribution in [1.82, 2.24) is 14.9 Å². The van der Waals surface area contributed by atoms with Crippen LogP contribution in [0.4, 0.5) is 11.6 Å². The first-order chi connectivity index (χ1) is 12.0. The molecule has 0 aliphatic carbocycles. The van der Waals surface area contributed by atoms with Crippen molar-refractivity contribution in [3.8, 4) is 0 Å². The third-order valence-electron chi connectivity index (χ3n) is 4.57. The van der Waals surface area contributed by atoms with Gasteiger partial charge in [0.2, 0.25) is 11.9 Å². The summed E-state index contributed by atoms with van der Waals surface area (Å²) in [6, 6.07) is 10.4. The maximum Gasteiger partial charge on any atom is 0.225 e. The Balaban J connectivity index is 1.56. The van der Waals surface area contributed by atoms with Crippen molar-refractivity contribution in [2.24, 2.45) is 0 Å². The van der Waals surface area contributed by atoms with E-state index in [9.17, 15) is 4.79 Å². The van der Waals surface area contributed by atoms with Gasteiger partial charge in [-0.05, 0) is 37.1 Å². The van der Waals surface area contributed by atoms with Gasteiger partial charge in [0, 0.05) is 57.2 Å². The summed E-state index contributed by atoms with van der Waals surface area (Å²) in [5, 5.41) is 2.80. The van der Waals surface area contributed by atoms with E-state index >= 15 is 0 Å². The number of rotatable bonds is 5. The Morgan fingerprint density at radius 3 is 2.76 bits per heavy atom. The van der Waals surface area contributed by atoms with E-state index in [0.717, 1.165) is 43.4 Å². The molecule has 0 radical (unpaired) electrons. The fourth-order valence-corrected chi connectivity index (χ4v) is 3.20. The van der Waals surface area contributed by atoms with Gasteiger partial charge in [-0.1, -0.05) is 12.1 Å². The maximum atomic E-state index is 11.1. The molecule has 1 fully saturated rings. The van der Waals surface area contributed by atoms with Gasteiger partial charge in [-0.15, -0.1) is 0 Å². The van der Waals surface area contributed by atoms with E-state index in [1.807, 2.05) is 31.3 Å². The Labute approximate surface area is 148 Å². The van der Waals surface area contributed by atoms with Crippen molar-refractivity contribution in [3.63, 3.8) is 0 Å². The average Bonchev–Trinajstić information content (AvgIpc) is 3.04. The van der Waals surface area contributed by atoms with Crippen LogP contribution >= 0.6 is 0 Å². The molecule has 1 aliphatic heterocycles. The molecule has 0 saturated carbocycles. The molecule has 6 nitrogen and oxygen atoms in total. The highest BCUT2D eigenvalue weighted by atomic mass is 16.1. The number of benzene rings is 1. The number of aromatic nitrogens is 2. The Morgan fingerprint density at radius 2 is 2.08 bits per heavy atom. The second-order valence-electron chi connectivity index (χ2n) is 6.66. The van der Waals surface area contributed by atoms with Gasteiger partial charge >= 0.3 is 0 Å². The first-order valence-corrected chi connectivity index (χ1v) is 8.62. The lowest BCUT2D eigenvalue weighted by Crippen LogP contribution is -2.35. The second-order valence-corrected chi connectivity index (χ2v) is 6.66. The average molecular weight is 339 g/mol. The topological polar surface area (TPSA) is 61.4 Å². The lowest BCUT2D eigenvalue weighted by Gasteiger charge is -2.25. The number of amides is 1. The molecule has 25 heavy (non-hydrogen) atoms. The molecule has 1 atom stereocenters. The van der Waals surface area contributed by atoms with E-state index in [-0.39, 0.29) is 5.91 Å². The molecule has 0 spiro atoms. The molecular weight excluding hydrogens is 314 g/mol. The zero-order valence-corrected chi connectivity index (χ0v) is 15.1. The smallest absolute Gasteiger partial charge is 0.225 e. The lowest BCUT2D eigenvalue weighted by molar-refractivity contribution is -0.114. The monoisotopic (exact) mass is 339 g/mol. The van der Waals surface area contributed by atoms with E-state index in [1.165, 1.54) is 12.5 Å². The van der Waals surface area contributed by atoms with E-state index in [0.29, 0.717) is 6.04 Å². The molecule has 1 amide bonds. The van der Waals surface area contributed by atoms with Crippen LogP contribution < -0.4 is 10.2 Å².